The number of nitrogens with zero attached hydrogens (tertiary/aromatic N) is 2. The van der Waals surface area contributed by atoms with Gasteiger partial charge in [-0.1, -0.05) is 72.8 Å². The number of carbonyl (C=O) groups excluding carboxylic acids is 4. The van der Waals surface area contributed by atoms with E-state index in [0.29, 0.717) is 0 Å². The lowest BCUT2D eigenvalue weighted by atomic mass is 9.86. The van der Waals surface area contributed by atoms with Crippen molar-refractivity contribution in [1.29, 1.82) is 0 Å². The summed E-state index contributed by atoms with van der Waals surface area (Å²) < 4.78 is 39.3. The molecule has 2 amide bonds. The maximum Gasteiger partial charge on any atom is 0.413 e. The van der Waals surface area contributed by atoms with Crippen LogP contribution in [0.4, 0.5) is 9.59 Å². The number of hydrogen-bond acceptors (Lipinski definition) is 11. The minimum absolute atomic E-state index is 0.0406. The van der Waals surface area contributed by atoms with Crippen LogP contribution in [0.3, 0.4) is 0 Å². The SMILES string of the molecule is C=CC[C@](Cc1ccccc1)(C(=O)OCCOCCOC(=O)[C@](CC=C)(Cc1ccccc1)N(COC)C(=O)OC(C)(C)C)N(COC)C(=O)OC(C)(C)C. The standard InChI is InChI=1S/C42H60N2O11/c1-11-23-41(29-33-19-15-13-16-20-33,43(31-49-9)37(47)54-39(3,4)5)35(45)52-27-25-51-26-28-53-36(46)42(24-12-2,30-34-21-17-14-18-22-34)44(32-50-10)38(48)55-40(6,7)8/h11-22H,1-2,23-32H2,3-10H3/t41-,42-/m0/s1. The van der Waals surface area contributed by atoms with E-state index in [1.54, 1.807) is 53.7 Å². The Hall–Kier alpha value is -4.72. The largest absolute Gasteiger partial charge is 0.461 e. The highest BCUT2D eigenvalue weighted by Gasteiger charge is 2.50. The molecule has 0 bridgehead atoms. The summed E-state index contributed by atoms with van der Waals surface area (Å²) in [4.78, 5) is 57.6. The number of benzene rings is 2. The van der Waals surface area contributed by atoms with Crippen LogP contribution in [0.1, 0.15) is 65.5 Å². The number of esters is 2. The third-order valence-electron chi connectivity index (χ3n) is 8.10. The van der Waals surface area contributed by atoms with E-state index >= 15 is 0 Å². The molecule has 13 nitrogen and oxygen atoms in total. The fourth-order valence-corrected chi connectivity index (χ4v) is 5.78. The van der Waals surface area contributed by atoms with Crippen molar-refractivity contribution in [3.8, 4) is 0 Å². The number of hydrogen-bond donors (Lipinski definition) is 0. The lowest BCUT2D eigenvalue weighted by Gasteiger charge is -2.41. The summed E-state index contributed by atoms with van der Waals surface area (Å²) in [5, 5.41) is 0. The van der Waals surface area contributed by atoms with E-state index in [1.807, 2.05) is 60.7 Å². The summed E-state index contributed by atoms with van der Waals surface area (Å²) >= 11 is 0. The van der Waals surface area contributed by atoms with E-state index in [1.165, 1.54) is 24.0 Å². The molecule has 55 heavy (non-hydrogen) atoms. The van der Waals surface area contributed by atoms with Gasteiger partial charge < -0.3 is 33.2 Å². The molecule has 0 radical (unpaired) electrons. The molecule has 0 heterocycles. The highest BCUT2D eigenvalue weighted by atomic mass is 16.6. The Morgan fingerprint density at radius 3 is 1.22 bits per heavy atom. The molecule has 13 heteroatoms. The molecule has 0 unspecified atom stereocenters. The smallest absolute Gasteiger partial charge is 0.413 e. The van der Waals surface area contributed by atoms with E-state index < -0.39 is 46.4 Å². The van der Waals surface area contributed by atoms with Crippen LogP contribution in [0.25, 0.3) is 0 Å². The van der Waals surface area contributed by atoms with Crippen LogP contribution in [0, 0.1) is 0 Å². The molecule has 2 aromatic carbocycles. The van der Waals surface area contributed by atoms with Crippen LogP contribution >= 0.6 is 0 Å². The molecule has 0 fully saturated rings. The highest BCUT2D eigenvalue weighted by Crippen LogP contribution is 2.31. The van der Waals surface area contributed by atoms with E-state index in [0.717, 1.165) is 11.1 Å². The summed E-state index contributed by atoms with van der Waals surface area (Å²) in [7, 11) is 2.83. The molecule has 2 atom stereocenters. The average Bonchev–Trinajstić information content (AvgIpc) is 3.11. The van der Waals surface area contributed by atoms with Crippen LogP contribution < -0.4 is 0 Å². The van der Waals surface area contributed by atoms with Gasteiger partial charge in [-0.3, -0.25) is 9.80 Å². The van der Waals surface area contributed by atoms with Gasteiger partial charge in [-0.25, -0.2) is 19.2 Å². The van der Waals surface area contributed by atoms with Crippen LogP contribution in [0.15, 0.2) is 86.0 Å². The number of amides is 2. The van der Waals surface area contributed by atoms with E-state index in [9.17, 15) is 19.2 Å². The first-order valence-corrected chi connectivity index (χ1v) is 18.2. The quantitative estimate of drug-likeness (QED) is 0.0407. The van der Waals surface area contributed by atoms with Gasteiger partial charge in [0.2, 0.25) is 0 Å². The number of methoxy groups -OCH3 is 2. The van der Waals surface area contributed by atoms with Crippen molar-refractivity contribution in [2.45, 2.75) is 89.5 Å². The first kappa shape index (κ1) is 46.4. The van der Waals surface area contributed by atoms with Crippen molar-refractivity contribution in [2.24, 2.45) is 0 Å². The van der Waals surface area contributed by atoms with Crippen LogP contribution in [-0.4, -0.2) is 110 Å². The molecular formula is C42H60N2O11. The Balaban J connectivity index is 2.23. The summed E-state index contributed by atoms with van der Waals surface area (Å²) in [6.45, 7) is 17.1. The lowest BCUT2D eigenvalue weighted by molar-refractivity contribution is -0.165. The van der Waals surface area contributed by atoms with Gasteiger partial charge in [0.05, 0.1) is 13.2 Å². The van der Waals surface area contributed by atoms with Gasteiger partial charge in [0.1, 0.15) is 37.9 Å². The molecular weight excluding hydrogens is 708 g/mol. The second-order valence-electron chi connectivity index (χ2n) is 14.9. The summed E-state index contributed by atoms with van der Waals surface area (Å²) in [6.07, 6.45) is 1.85. The number of rotatable bonds is 22. The summed E-state index contributed by atoms with van der Waals surface area (Å²) in [5.41, 5.74) is -3.26. The number of ether oxygens (including phenoxy) is 7. The Morgan fingerprint density at radius 2 is 0.927 bits per heavy atom. The molecule has 0 aliphatic rings. The van der Waals surface area contributed by atoms with Gasteiger partial charge in [-0.05, 0) is 65.5 Å². The number of carbonyl (C=O) groups is 4. The van der Waals surface area contributed by atoms with Crippen molar-refractivity contribution in [3.05, 3.63) is 97.1 Å². The normalized spacial score (nSPS) is 13.7. The molecule has 0 aliphatic heterocycles. The molecule has 2 aromatic rings. The van der Waals surface area contributed by atoms with Crippen molar-refractivity contribution < 1.29 is 52.3 Å². The van der Waals surface area contributed by atoms with Gasteiger partial charge in [-0.2, -0.15) is 0 Å². The zero-order valence-corrected chi connectivity index (χ0v) is 33.8. The third kappa shape index (κ3) is 14.5. The minimum atomic E-state index is -1.56. The Morgan fingerprint density at radius 1 is 0.582 bits per heavy atom. The average molecular weight is 769 g/mol. The zero-order valence-electron chi connectivity index (χ0n) is 33.8. The fourth-order valence-electron chi connectivity index (χ4n) is 5.78. The summed E-state index contributed by atoms with van der Waals surface area (Å²) in [6, 6.07) is 18.4. The first-order chi connectivity index (χ1) is 26.0. The molecule has 0 aliphatic carbocycles. The van der Waals surface area contributed by atoms with Crippen LogP contribution in [0.5, 0.6) is 0 Å². The minimum Gasteiger partial charge on any atom is -0.461 e. The zero-order chi connectivity index (χ0) is 41.1. The highest BCUT2D eigenvalue weighted by molar-refractivity contribution is 5.87. The van der Waals surface area contributed by atoms with E-state index in [-0.39, 0.29) is 65.6 Å². The van der Waals surface area contributed by atoms with Crippen molar-refractivity contribution in [2.75, 3.05) is 54.1 Å². The van der Waals surface area contributed by atoms with Gasteiger partial charge in [-0.15, -0.1) is 13.2 Å². The Bertz CT molecular complexity index is 1410. The first-order valence-electron chi connectivity index (χ1n) is 18.2. The van der Waals surface area contributed by atoms with Crippen LogP contribution in [0.2, 0.25) is 0 Å². The Kier molecular flexibility index (Phi) is 18.6. The van der Waals surface area contributed by atoms with Crippen molar-refractivity contribution in [1.82, 2.24) is 9.80 Å². The second-order valence-corrected chi connectivity index (χ2v) is 14.9. The van der Waals surface area contributed by atoms with Gasteiger partial charge >= 0.3 is 24.1 Å². The predicted molar refractivity (Wildman–Crippen MR) is 208 cm³/mol. The maximum absolute atomic E-state index is 14.0. The van der Waals surface area contributed by atoms with Gasteiger partial charge in [0, 0.05) is 27.1 Å². The molecule has 0 saturated heterocycles. The molecule has 304 valence electrons. The maximum atomic E-state index is 14.0. The van der Waals surface area contributed by atoms with E-state index in [4.69, 9.17) is 33.2 Å². The third-order valence-corrected chi connectivity index (χ3v) is 8.10. The van der Waals surface area contributed by atoms with Gasteiger partial charge in [0.15, 0.2) is 11.1 Å². The van der Waals surface area contributed by atoms with Crippen LogP contribution in [-0.2, 0) is 55.6 Å². The predicted octanol–water partition coefficient (Wildman–Crippen LogP) is 6.89. The summed E-state index contributed by atoms with van der Waals surface area (Å²) in [5.74, 6) is -1.41. The molecule has 0 spiro atoms. The molecule has 0 N–H and O–H groups in total. The topological polar surface area (TPSA) is 139 Å². The van der Waals surface area contributed by atoms with Crippen molar-refractivity contribution >= 4 is 24.1 Å². The van der Waals surface area contributed by atoms with Crippen molar-refractivity contribution in [3.63, 3.8) is 0 Å². The monoisotopic (exact) mass is 768 g/mol. The Labute approximate surface area is 326 Å². The molecule has 0 aromatic heterocycles. The fraction of sp³-hybridized carbons (Fsp3) is 0.524. The molecule has 0 saturated carbocycles. The van der Waals surface area contributed by atoms with E-state index in [2.05, 4.69) is 13.2 Å². The lowest BCUT2D eigenvalue weighted by Crippen LogP contribution is -2.60. The van der Waals surface area contributed by atoms with Gasteiger partial charge in [0.25, 0.3) is 0 Å². The second kappa shape index (κ2) is 22.0. The molecule has 2 rings (SSSR count).